The molecule has 0 unspecified atom stereocenters. The number of hydrogen-bond donors (Lipinski definition) is 1. The molecular weight excluding hydrogens is 359 g/mol. The molecule has 3 rings (SSSR count). The molecule has 138 valence electrons. The van der Waals surface area contributed by atoms with Gasteiger partial charge in [-0.25, -0.2) is 0 Å². The maximum absolute atomic E-state index is 13.1. The van der Waals surface area contributed by atoms with Gasteiger partial charge >= 0.3 is 6.18 Å². The monoisotopic (exact) mass is 373 g/mol. The van der Waals surface area contributed by atoms with Crippen LogP contribution in [0, 0.1) is 0 Å². The van der Waals surface area contributed by atoms with Crippen molar-refractivity contribution >= 4 is 11.7 Å². The van der Waals surface area contributed by atoms with E-state index in [4.69, 9.17) is 4.42 Å². The van der Waals surface area contributed by atoms with Crippen LogP contribution in [0.3, 0.4) is 0 Å². The van der Waals surface area contributed by atoms with E-state index in [0.29, 0.717) is 5.56 Å². The first-order chi connectivity index (χ1) is 12.9. The first-order valence-corrected chi connectivity index (χ1v) is 7.99. The molecule has 1 heterocycles. The zero-order valence-electron chi connectivity index (χ0n) is 13.9. The second kappa shape index (κ2) is 7.49. The van der Waals surface area contributed by atoms with Crippen LogP contribution in [0.15, 0.2) is 71.1 Å². The van der Waals surface area contributed by atoms with Crippen molar-refractivity contribution in [1.29, 1.82) is 0 Å². The highest BCUT2D eigenvalue weighted by Crippen LogP contribution is 2.37. The van der Waals surface area contributed by atoms with Crippen molar-refractivity contribution in [1.82, 2.24) is 5.32 Å². The Bertz CT molecular complexity index is 962. The van der Waals surface area contributed by atoms with Gasteiger partial charge in [-0.1, -0.05) is 48.5 Å². The van der Waals surface area contributed by atoms with Crippen molar-refractivity contribution in [3.05, 3.63) is 83.6 Å². The molecule has 0 aliphatic carbocycles. The lowest BCUT2D eigenvalue weighted by atomic mass is 10.1. The number of halogens is 3. The first-order valence-electron chi connectivity index (χ1n) is 7.99. The SMILES string of the molecule is O=C(CNC(=O)c1ccc(-c2ccccc2C(F)(F)F)o1)c1ccccc1. The molecule has 0 bridgehead atoms. The zero-order chi connectivity index (χ0) is 19.4. The summed E-state index contributed by atoms with van der Waals surface area (Å²) in [7, 11) is 0. The van der Waals surface area contributed by atoms with Crippen LogP contribution in [0.2, 0.25) is 0 Å². The van der Waals surface area contributed by atoms with Crippen LogP contribution in [0.4, 0.5) is 13.2 Å². The molecule has 7 heteroatoms. The average molecular weight is 373 g/mol. The second-order valence-electron chi connectivity index (χ2n) is 5.68. The molecule has 1 aromatic heterocycles. The second-order valence-corrected chi connectivity index (χ2v) is 5.68. The summed E-state index contributed by atoms with van der Waals surface area (Å²) in [4.78, 5) is 24.1. The van der Waals surface area contributed by atoms with E-state index in [1.165, 1.54) is 30.3 Å². The van der Waals surface area contributed by atoms with Gasteiger partial charge in [0.05, 0.1) is 12.1 Å². The van der Waals surface area contributed by atoms with Crippen LogP contribution in [-0.4, -0.2) is 18.2 Å². The normalized spacial score (nSPS) is 11.2. The lowest BCUT2D eigenvalue weighted by molar-refractivity contribution is -0.137. The summed E-state index contributed by atoms with van der Waals surface area (Å²) in [6, 6.07) is 15.9. The van der Waals surface area contributed by atoms with Crippen LogP contribution in [0.25, 0.3) is 11.3 Å². The standard InChI is InChI=1S/C20H14F3NO3/c21-20(22,23)15-9-5-4-8-14(15)17-10-11-18(27-17)19(26)24-12-16(25)13-6-2-1-3-7-13/h1-11H,12H2,(H,24,26). The smallest absolute Gasteiger partial charge is 0.417 e. The number of carbonyl (C=O) groups excluding carboxylic acids is 2. The number of furan rings is 1. The summed E-state index contributed by atoms with van der Waals surface area (Å²) < 4.78 is 44.6. The molecule has 0 spiro atoms. The van der Waals surface area contributed by atoms with E-state index in [0.717, 1.165) is 6.07 Å². The minimum atomic E-state index is -4.55. The summed E-state index contributed by atoms with van der Waals surface area (Å²) in [5.74, 6) is -1.24. The van der Waals surface area contributed by atoms with Gasteiger partial charge < -0.3 is 9.73 Å². The summed E-state index contributed by atoms with van der Waals surface area (Å²) in [6.07, 6.45) is -4.55. The topological polar surface area (TPSA) is 59.3 Å². The average Bonchev–Trinajstić information content (AvgIpc) is 3.16. The van der Waals surface area contributed by atoms with Crippen molar-refractivity contribution in [2.45, 2.75) is 6.18 Å². The number of Topliss-reactive ketones (excluding diaryl/α,β-unsaturated/α-hetero) is 1. The molecule has 0 aliphatic rings. The van der Waals surface area contributed by atoms with Gasteiger partial charge in [0.1, 0.15) is 5.76 Å². The Morgan fingerprint density at radius 3 is 2.26 bits per heavy atom. The molecule has 1 amide bonds. The zero-order valence-corrected chi connectivity index (χ0v) is 13.9. The van der Waals surface area contributed by atoms with E-state index in [1.807, 2.05) is 0 Å². The van der Waals surface area contributed by atoms with E-state index < -0.39 is 17.6 Å². The largest absolute Gasteiger partial charge is 0.451 e. The van der Waals surface area contributed by atoms with Crippen LogP contribution < -0.4 is 5.32 Å². The van der Waals surface area contributed by atoms with Gasteiger partial charge in [-0.3, -0.25) is 9.59 Å². The van der Waals surface area contributed by atoms with Crippen LogP contribution in [-0.2, 0) is 6.18 Å². The van der Waals surface area contributed by atoms with E-state index in [9.17, 15) is 22.8 Å². The van der Waals surface area contributed by atoms with Gasteiger partial charge in [-0.2, -0.15) is 13.2 Å². The molecule has 3 aromatic rings. The first kappa shape index (κ1) is 18.4. The Morgan fingerprint density at radius 2 is 1.56 bits per heavy atom. The summed E-state index contributed by atoms with van der Waals surface area (Å²) in [6.45, 7) is -0.252. The molecule has 4 nitrogen and oxygen atoms in total. The third-order valence-electron chi connectivity index (χ3n) is 3.83. The van der Waals surface area contributed by atoms with E-state index >= 15 is 0 Å². The highest BCUT2D eigenvalue weighted by atomic mass is 19.4. The summed E-state index contributed by atoms with van der Waals surface area (Å²) >= 11 is 0. The lowest BCUT2D eigenvalue weighted by Crippen LogP contribution is -2.29. The fraction of sp³-hybridized carbons (Fsp3) is 0.100. The maximum atomic E-state index is 13.1. The number of carbonyl (C=O) groups is 2. The number of benzene rings is 2. The van der Waals surface area contributed by atoms with Crippen LogP contribution in [0.1, 0.15) is 26.5 Å². The van der Waals surface area contributed by atoms with Crippen molar-refractivity contribution < 1.29 is 27.2 Å². The summed E-state index contributed by atoms with van der Waals surface area (Å²) in [5, 5.41) is 2.40. The number of alkyl halides is 3. The van der Waals surface area contributed by atoms with Gasteiger partial charge in [0.2, 0.25) is 0 Å². The van der Waals surface area contributed by atoms with Gasteiger partial charge in [0, 0.05) is 11.1 Å². The number of hydrogen-bond acceptors (Lipinski definition) is 3. The van der Waals surface area contributed by atoms with E-state index in [1.54, 1.807) is 30.3 Å². The molecule has 0 saturated carbocycles. The highest BCUT2D eigenvalue weighted by Gasteiger charge is 2.34. The molecule has 0 radical (unpaired) electrons. The molecule has 2 aromatic carbocycles. The summed E-state index contributed by atoms with van der Waals surface area (Å²) in [5.41, 5.74) is -0.577. The van der Waals surface area contributed by atoms with Gasteiger partial charge in [0.25, 0.3) is 5.91 Å². The number of amides is 1. The van der Waals surface area contributed by atoms with Crippen LogP contribution >= 0.6 is 0 Å². The number of nitrogens with one attached hydrogen (secondary N) is 1. The van der Waals surface area contributed by atoms with Gasteiger partial charge in [-0.15, -0.1) is 0 Å². The van der Waals surface area contributed by atoms with Crippen molar-refractivity contribution in [2.75, 3.05) is 6.54 Å². The van der Waals surface area contributed by atoms with Crippen molar-refractivity contribution in [3.8, 4) is 11.3 Å². The molecule has 0 saturated heterocycles. The molecule has 0 atom stereocenters. The molecule has 0 fully saturated rings. The Morgan fingerprint density at radius 1 is 0.889 bits per heavy atom. The predicted molar refractivity (Wildman–Crippen MR) is 92.3 cm³/mol. The fourth-order valence-corrected chi connectivity index (χ4v) is 2.52. The number of rotatable bonds is 5. The van der Waals surface area contributed by atoms with Crippen molar-refractivity contribution in [3.63, 3.8) is 0 Å². The molecule has 1 N–H and O–H groups in total. The van der Waals surface area contributed by atoms with Gasteiger partial charge in [0.15, 0.2) is 11.5 Å². The Labute approximate surface area is 152 Å². The predicted octanol–water partition coefficient (Wildman–Crippen LogP) is 4.58. The third kappa shape index (κ3) is 4.25. The van der Waals surface area contributed by atoms with Crippen LogP contribution in [0.5, 0.6) is 0 Å². The third-order valence-corrected chi connectivity index (χ3v) is 3.83. The molecule has 27 heavy (non-hydrogen) atoms. The minimum absolute atomic E-state index is 0.0811. The van der Waals surface area contributed by atoms with E-state index in [2.05, 4.69) is 5.32 Å². The Kier molecular flexibility index (Phi) is 5.12. The highest BCUT2D eigenvalue weighted by molar-refractivity contribution is 6.01. The fourth-order valence-electron chi connectivity index (χ4n) is 2.52. The lowest BCUT2D eigenvalue weighted by Gasteiger charge is -2.10. The van der Waals surface area contributed by atoms with Crippen molar-refractivity contribution in [2.24, 2.45) is 0 Å². The maximum Gasteiger partial charge on any atom is 0.417 e. The Balaban J connectivity index is 1.73. The van der Waals surface area contributed by atoms with Gasteiger partial charge in [-0.05, 0) is 18.2 Å². The Hall–Kier alpha value is -3.35. The van der Waals surface area contributed by atoms with E-state index in [-0.39, 0.29) is 29.4 Å². The number of ketones is 1. The minimum Gasteiger partial charge on any atom is -0.451 e. The quantitative estimate of drug-likeness (QED) is 0.666. The molecule has 0 aliphatic heterocycles. The molecular formula is C20H14F3NO3.